The molecule has 1 atom stereocenters. The molecular formula is C48H47F3N+. The van der Waals surface area contributed by atoms with Crippen molar-refractivity contribution in [3.8, 4) is 44.5 Å². The topological polar surface area (TPSA) is 0 Å². The number of quaternary nitrogens is 1. The van der Waals surface area contributed by atoms with Gasteiger partial charge in [0.15, 0.2) is 0 Å². The minimum absolute atomic E-state index is 0.0925. The number of halogens is 3. The highest BCUT2D eigenvalue weighted by molar-refractivity contribution is 5.72. The van der Waals surface area contributed by atoms with Gasteiger partial charge < -0.3 is 4.48 Å². The van der Waals surface area contributed by atoms with Crippen LogP contribution in [0.1, 0.15) is 48.9 Å². The molecule has 0 amide bonds. The Balaban J connectivity index is 1.12. The van der Waals surface area contributed by atoms with Gasteiger partial charge >= 0.3 is 6.18 Å². The molecule has 1 fully saturated rings. The third-order valence-electron chi connectivity index (χ3n) is 11.4. The smallest absolute Gasteiger partial charge is 0.327 e. The highest BCUT2D eigenvalue weighted by atomic mass is 19.4. The Morgan fingerprint density at radius 2 is 0.788 bits per heavy atom. The van der Waals surface area contributed by atoms with E-state index in [4.69, 9.17) is 0 Å². The number of hydrogen-bond donors (Lipinski definition) is 0. The third-order valence-corrected chi connectivity index (χ3v) is 11.4. The first-order chi connectivity index (χ1) is 24.7. The number of likely N-dealkylation sites (tertiary alicyclic amines) is 1. The summed E-state index contributed by atoms with van der Waals surface area (Å²) in [6.45, 7) is 6.76. The summed E-state index contributed by atoms with van der Waals surface area (Å²) in [6, 6.07) is 51.0. The van der Waals surface area contributed by atoms with Crippen molar-refractivity contribution in [2.24, 2.45) is 0 Å². The average molecular weight is 695 g/mol. The maximum Gasteiger partial charge on any atom is 0.397 e. The first-order valence-corrected chi connectivity index (χ1v) is 18.2. The predicted octanol–water partition coefficient (Wildman–Crippen LogP) is 12.7. The van der Waals surface area contributed by atoms with Gasteiger partial charge in [0.2, 0.25) is 0 Å². The van der Waals surface area contributed by atoms with E-state index in [-0.39, 0.29) is 11.0 Å². The first kappa shape index (κ1) is 35.5. The molecule has 264 valence electrons. The summed E-state index contributed by atoms with van der Waals surface area (Å²) in [5.41, 5.74) is 11.3. The minimum Gasteiger partial charge on any atom is -0.327 e. The number of hydrogen-bond acceptors (Lipinski definition) is 0. The molecule has 0 N–H and O–H groups in total. The van der Waals surface area contributed by atoms with Gasteiger partial charge in [-0.3, -0.25) is 0 Å². The maximum absolute atomic E-state index is 13.6. The number of rotatable bonds is 7. The van der Waals surface area contributed by atoms with Gasteiger partial charge in [0, 0.05) is 0 Å². The van der Waals surface area contributed by atoms with Gasteiger partial charge in [-0.05, 0) is 94.8 Å². The quantitative estimate of drug-likeness (QED) is 0.146. The lowest BCUT2D eigenvalue weighted by Crippen LogP contribution is -2.55. The van der Waals surface area contributed by atoms with Crippen molar-refractivity contribution in [3.05, 3.63) is 168 Å². The Morgan fingerprint density at radius 1 is 0.481 bits per heavy atom. The summed E-state index contributed by atoms with van der Waals surface area (Å²) in [6.07, 6.45) is -2.04. The molecule has 4 heteroatoms. The second-order valence-corrected chi connectivity index (χ2v) is 15.9. The second-order valence-electron chi connectivity index (χ2n) is 15.9. The molecule has 0 saturated carbocycles. The number of likely N-dealkylation sites (N-methyl/N-ethyl adjacent to an activating group) is 1. The number of alkyl halides is 3. The molecule has 0 spiro atoms. The normalized spacial score (nSPS) is 17.5. The maximum atomic E-state index is 13.6. The minimum atomic E-state index is -4.31. The van der Waals surface area contributed by atoms with Crippen LogP contribution in [0.5, 0.6) is 0 Å². The van der Waals surface area contributed by atoms with Crippen LogP contribution in [0.25, 0.3) is 44.5 Å². The molecule has 1 nitrogen and oxygen atoms in total. The van der Waals surface area contributed by atoms with E-state index in [1.165, 1.54) is 59.3 Å². The highest BCUT2D eigenvalue weighted by Crippen LogP contribution is 2.44. The van der Waals surface area contributed by atoms with Gasteiger partial charge in [0.05, 0.1) is 38.0 Å². The number of benzene rings is 6. The van der Waals surface area contributed by atoms with Crippen molar-refractivity contribution >= 4 is 0 Å². The fourth-order valence-electron chi connectivity index (χ4n) is 8.00. The van der Waals surface area contributed by atoms with Crippen LogP contribution in [0.3, 0.4) is 0 Å². The molecule has 52 heavy (non-hydrogen) atoms. The van der Waals surface area contributed by atoms with Crippen LogP contribution >= 0.6 is 0 Å². The third kappa shape index (κ3) is 6.97. The summed E-state index contributed by atoms with van der Waals surface area (Å²) < 4.78 is 41.6. The lowest BCUT2D eigenvalue weighted by atomic mass is 9.68. The van der Waals surface area contributed by atoms with Gasteiger partial charge in [0.25, 0.3) is 0 Å². The molecule has 1 heterocycles. The predicted molar refractivity (Wildman–Crippen MR) is 210 cm³/mol. The SMILES string of the molecule is Cc1ccc(-c2ccc(-c3ccc(C4(c5ccc(-c6ccc(-c7ccc(C(C)(C)C(F)(F)F)cc7)cc6)cc5)CCC[N+](C)(C)C4)cc3)cc2)cc1. The summed E-state index contributed by atoms with van der Waals surface area (Å²) in [4.78, 5) is 0. The number of nitrogens with zero attached hydrogens (tertiary/aromatic N) is 1. The molecule has 0 aliphatic carbocycles. The molecule has 1 unspecified atom stereocenters. The van der Waals surface area contributed by atoms with E-state index < -0.39 is 11.6 Å². The van der Waals surface area contributed by atoms with E-state index >= 15 is 0 Å². The van der Waals surface area contributed by atoms with Crippen LogP contribution in [-0.2, 0) is 10.8 Å². The standard InChI is InChI=1S/C48H47F3N/c1-34-7-9-35(10-8-34)36-11-13-38(14-12-36)41-21-27-44(28-22-41)47(31-6-32-52(4,5)33-47)45-29-23-42(24-30-45)39-17-15-37(16-18-39)40-19-25-43(26-20-40)46(2,3)48(49,50)51/h7-30H,6,31-33H2,1-5H3/q+1. The fourth-order valence-corrected chi connectivity index (χ4v) is 8.00. The molecule has 7 rings (SSSR count). The van der Waals surface area contributed by atoms with Crippen LogP contribution < -0.4 is 0 Å². The molecule has 1 aliphatic rings. The highest BCUT2D eigenvalue weighted by Gasteiger charge is 2.48. The summed E-state index contributed by atoms with van der Waals surface area (Å²) in [7, 11) is 4.69. The van der Waals surface area contributed by atoms with Crippen molar-refractivity contribution in [2.45, 2.75) is 50.6 Å². The van der Waals surface area contributed by atoms with Crippen molar-refractivity contribution < 1.29 is 17.7 Å². The summed E-state index contributed by atoms with van der Waals surface area (Å²) in [5, 5.41) is 0. The Bertz CT molecular complexity index is 2120. The number of aryl methyl sites for hydroxylation is 1. The summed E-state index contributed by atoms with van der Waals surface area (Å²) in [5.74, 6) is 0. The fraction of sp³-hybridized carbons (Fsp3) is 0.250. The molecule has 6 aromatic carbocycles. The van der Waals surface area contributed by atoms with Crippen LogP contribution in [-0.4, -0.2) is 37.8 Å². The Morgan fingerprint density at radius 3 is 1.12 bits per heavy atom. The van der Waals surface area contributed by atoms with Gasteiger partial charge in [-0.25, -0.2) is 0 Å². The first-order valence-electron chi connectivity index (χ1n) is 18.2. The van der Waals surface area contributed by atoms with Gasteiger partial charge in [-0.2, -0.15) is 13.2 Å². The molecule has 1 saturated heterocycles. The average Bonchev–Trinajstić information content (AvgIpc) is 3.15. The Hall–Kier alpha value is -4.93. The van der Waals surface area contributed by atoms with E-state index in [0.29, 0.717) is 0 Å². The summed E-state index contributed by atoms with van der Waals surface area (Å²) >= 11 is 0. The largest absolute Gasteiger partial charge is 0.397 e. The molecule has 0 bridgehead atoms. The zero-order valence-electron chi connectivity index (χ0n) is 30.8. The zero-order chi connectivity index (χ0) is 36.7. The van der Waals surface area contributed by atoms with Gasteiger partial charge in [-0.15, -0.1) is 0 Å². The zero-order valence-corrected chi connectivity index (χ0v) is 30.8. The van der Waals surface area contributed by atoms with Gasteiger partial charge in [0.1, 0.15) is 0 Å². The van der Waals surface area contributed by atoms with Crippen LogP contribution in [0, 0.1) is 6.92 Å². The monoisotopic (exact) mass is 694 g/mol. The second kappa shape index (κ2) is 13.6. The van der Waals surface area contributed by atoms with Crippen LogP contribution in [0.4, 0.5) is 13.2 Å². The van der Waals surface area contributed by atoms with Crippen molar-refractivity contribution in [3.63, 3.8) is 0 Å². The molecule has 0 radical (unpaired) electrons. The van der Waals surface area contributed by atoms with Crippen molar-refractivity contribution in [1.82, 2.24) is 0 Å². The molecule has 1 aliphatic heterocycles. The Labute approximate surface area is 307 Å². The van der Waals surface area contributed by atoms with E-state index in [9.17, 15) is 13.2 Å². The molecule has 6 aromatic rings. The Kier molecular flexibility index (Phi) is 9.25. The van der Waals surface area contributed by atoms with Crippen molar-refractivity contribution in [2.75, 3.05) is 27.2 Å². The van der Waals surface area contributed by atoms with E-state index in [1.54, 1.807) is 24.3 Å². The van der Waals surface area contributed by atoms with Gasteiger partial charge in [-0.1, -0.05) is 151 Å². The molecule has 0 aromatic heterocycles. The van der Waals surface area contributed by atoms with Crippen LogP contribution in [0.15, 0.2) is 146 Å². The lowest BCUT2D eigenvalue weighted by molar-refractivity contribution is -0.899. The van der Waals surface area contributed by atoms with E-state index in [2.05, 4.69) is 130 Å². The lowest BCUT2D eigenvalue weighted by Gasteiger charge is -2.46. The van der Waals surface area contributed by atoms with E-state index in [1.807, 2.05) is 12.1 Å². The van der Waals surface area contributed by atoms with Crippen molar-refractivity contribution in [1.29, 1.82) is 0 Å². The van der Waals surface area contributed by atoms with Crippen LogP contribution in [0.2, 0.25) is 0 Å². The number of piperidine rings is 1. The molecular weight excluding hydrogens is 648 g/mol. The van der Waals surface area contributed by atoms with E-state index in [0.717, 1.165) is 46.1 Å².